The van der Waals surface area contributed by atoms with Gasteiger partial charge >= 0.3 is 0 Å². The molecule has 0 bridgehead atoms. The minimum Gasteiger partial charge on any atom is -0.486 e. The van der Waals surface area contributed by atoms with E-state index in [0.717, 1.165) is 5.56 Å². The van der Waals surface area contributed by atoms with Crippen molar-refractivity contribution < 1.29 is 14.3 Å². The Balaban J connectivity index is 2.28. The number of fused-ring (bicyclic) bond motifs is 1. The van der Waals surface area contributed by atoms with E-state index < -0.39 is 11.9 Å². The van der Waals surface area contributed by atoms with Crippen molar-refractivity contribution in [1.29, 1.82) is 0 Å². The summed E-state index contributed by atoms with van der Waals surface area (Å²) in [6, 6.07) is 4.94. The molecule has 1 aromatic carbocycles. The van der Waals surface area contributed by atoms with E-state index in [9.17, 15) is 4.79 Å². The average Bonchev–Trinajstić information content (AvgIpc) is 2.35. The van der Waals surface area contributed by atoms with Gasteiger partial charge in [0.05, 0.1) is 0 Å². The number of primary amides is 1. The first kappa shape index (κ1) is 11.7. The lowest BCUT2D eigenvalue weighted by Gasteiger charge is -2.21. The Morgan fingerprint density at radius 1 is 1.41 bits per heavy atom. The highest BCUT2D eigenvalue weighted by molar-refractivity contribution is 5.81. The lowest BCUT2D eigenvalue weighted by atomic mass is 10.1. The number of rotatable bonds is 4. The molecular weight excluding hydrogens is 220 g/mol. The molecular formula is C12H16N2O3. The molecule has 1 atom stereocenters. The summed E-state index contributed by atoms with van der Waals surface area (Å²) < 4.78 is 10.9. The van der Waals surface area contributed by atoms with Gasteiger partial charge in [-0.25, -0.2) is 0 Å². The summed E-state index contributed by atoms with van der Waals surface area (Å²) in [7, 11) is 0. The van der Waals surface area contributed by atoms with Gasteiger partial charge in [0.15, 0.2) is 11.5 Å². The molecule has 5 heteroatoms. The van der Waals surface area contributed by atoms with Gasteiger partial charge in [0.25, 0.3) is 0 Å². The molecule has 0 saturated heterocycles. The molecule has 0 spiro atoms. The molecule has 0 aromatic heterocycles. The third kappa shape index (κ3) is 2.50. The fraction of sp³-hybridized carbons (Fsp3) is 0.417. The van der Waals surface area contributed by atoms with Crippen LogP contribution in [-0.2, 0) is 4.79 Å². The highest BCUT2D eigenvalue weighted by Crippen LogP contribution is 2.32. The molecule has 1 unspecified atom stereocenters. The largest absolute Gasteiger partial charge is 0.486 e. The maximum atomic E-state index is 11.3. The van der Waals surface area contributed by atoms with Crippen LogP contribution in [0.25, 0.3) is 0 Å². The Labute approximate surface area is 99.9 Å². The molecule has 1 aliphatic rings. The number of likely N-dealkylation sites (N-methyl/N-ethyl adjacent to an activating group) is 1. The van der Waals surface area contributed by atoms with Gasteiger partial charge in [-0.3, -0.25) is 4.79 Å². The van der Waals surface area contributed by atoms with Crippen molar-refractivity contribution in [3.8, 4) is 11.5 Å². The Bertz CT molecular complexity index is 420. The van der Waals surface area contributed by atoms with Crippen molar-refractivity contribution >= 4 is 5.91 Å². The Kier molecular flexibility index (Phi) is 3.49. The summed E-state index contributed by atoms with van der Waals surface area (Å²) in [6.07, 6.45) is 0. The maximum absolute atomic E-state index is 11.3. The number of nitrogens with one attached hydrogen (secondary N) is 1. The summed E-state index contributed by atoms with van der Waals surface area (Å²) in [5.74, 6) is 0.973. The number of hydrogen-bond acceptors (Lipinski definition) is 4. The van der Waals surface area contributed by atoms with Crippen LogP contribution in [0.4, 0.5) is 0 Å². The van der Waals surface area contributed by atoms with Crippen LogP contribution in [0.5, 0.6) is 11.5 Å². The van der Waals surface area contributed by atoms with Gasteiger partial charge in [-0.15, -0.1) is 0 Å². The van der Waals surface area contributed by atoms with Crippen molar-refractivity contribution in [3.63, 3.8) is 0 Å². The first-order chi connectivity index (χ1) is 8.22. The number of nitrogens with two attached hydrogens (primary N) is 1. The maximum Gasteiger partial charge on any atom is 0.239 e. The van der Waals surface area contributed by atoms with Crippen LogP contribution in [0.2, 0.25) is 0 Å². The molecule has 1 aromatic rings. The lowest BCUT2D eigenvalue weighted by Crippen LogP contribution is -2.33. The first-order valence-electron chi connectivity index (χ1n) is 5.64. The number of carbonyl (C=O) groups is 1. The number of carbonyl (C=O) groups excluding carboxylic acids is 1. The molecule has 92 valence electrons. The molecule has 1 amide bonds. The van der Waals surface area contributed by atoms with Gasteiger partial charge in [0.1, 0.15) is 19.3 Å². The van der Waals surface area contributed by atoms with Gasteiger partial charge in [-0.1, -0.05) is 13.0 Å². The zero-order valence-corrected chi connectivity index (χ0v) is 9.73. The molecule has 3 N–H and O–H groups in total. The van der Waals surface area contributed by atoms with Gasteiger partial charge in [0.2, 0.25) is 5.91 Å². The predicted octanol–water partition coefficient (Wildman–Crippen LogP) is 0.594. The molecule has 0 radical (unpaired) electrons. The smallest absolute Gasteiger partial charge is 0.239 e. The first-order valence-corrected chi connectivity index (χ1v) is 5.64. The fourth-order valence-electron chi connectivity index (χ4n) is 1.83. The van der Waals surface area contributed by atoms with Crippen molar-refractivity contribution in [2.45, 2.75) is 13.0 Å². The molecule has 1 heterocycles. The van der Waals surface area contributed by atoms with Crippen molar-refractivity contribution in [2.24, 2.45) is 5.73 Å². The molecule has 5 nitrogen and oxygen atoms in total. The summed E-state index contributed by atoms with van der Waals surface area (Å²) in [5.41, 5.74) is 6.15. The molecule has 2 rings (SSSR count). The average molecular weight is 236 g/mol. The van der Waals surface area contributed by atoms with Gasteiger partial charge < -0.3 is 20.5 Å². The molecule has 0 saturated carbocycles. The van der Waals surface area contributed by atoms with E-state index in [-0.39, 0.29) is 0 Å². The van der Waals surface area contributed by atoms with Gasteiger partial charge in [-0.2, -0.15) is 0 Å². The van der Waals surface area contributed by atoms with Crippen molar-refractivity contribution in [3.05, 3.63) is 23.8 Å². The second kappa shape index (κ2) is 5.05. The topological polar surface area (TPSA) is 73.6 Å². The summed E-state index contributed by atoms with van der Waals surface area (Å²) >= 11 is 0. The fourth-order valence-corrected chi connectivity index (χ4v) is 1.83. The molecule has 0 aliphatic carbocycles. The zero-order chi connectivity index (χ0) is 12.3. The zero-order valence-electron chi connectivity index (χ0n) is 9.73. The van der Waals surface area contributed by atoms with Crippen LogP contribution in [-0.4, -0.2) is 25.7 Å². The van der Waals surface area contributed by atoms with E-state index >= 15 is 0 Å². The quantitative estimate of drug-likeness (QED) is 0.802. The van der Waals surface area contributed by atoms with Crippen LogP contribution in [0.1, 0.15) is 18.5 Å². The highest BCUT2D eigenvalue weighted by Gasteiger charge is 2.19. The van der Waals surface area contributed by atoms with Crippen LogP contribution >= 0.6 is 0 Å². The van der Waals surface area contributed by atoms with E-state index in [1.165, 1.54) is 0 Å². The predicted molar refractivity (Wildman–Crippen MR) is 63.0 cm³/mol. The third-order valence-electron chi connectivity index (χ3n) is 2.59. The Hall–Kier alpha value is -1.75. The number of ether oxygens (including phenoxy) is 2. The molecule has 0 fully saturated rings. The number of hydrogen-bond donors (Lipinski definition) is 2. The Morgan fingerprint density at radius 3 is 2.76 bits per heavy atom. The Morgan fingerprint density at radius 2 is 2.12 bits per heavy atom. The van der Waals surface area contributed by atoms with E-state index in [4.69, 9.17) is 15.2 Å². The summed E-state index contributed by atoms with van der Waals surface area (Å²) in [4.78, 5) is 11.3. The SMILES string of the molecule is CCNC(C(N)=O)c1ccc2c(c1)OCCO2. The monoisotopic (exact) mass is 236 g/mol. The van der Waals surface area contributed by atoms with Crippen LogP contribution in [0.15, 0.2) is 18.2 Å². The van der Waals surface area contributed by atoms with E-state index in [1.807, 2.05) is 13.0 Å². The van der Waals surface area contributed by atoms with Crippen LogP contribution in [0, 0.1) is 0 Å². The minimum absolute atomic E-state index is 0.400. The van der Waals surface area contributed by atoms with E-state index in [1.54, 1.807) is 12.1 Å². The molecule has 1 aliphatic heterocycles. The normalized spacial score (nSPS) is 15.4. The minimum atomic E-state index is -0.490. The molecule has 17 heavy (non-hydrogen) atoms. The third-order valence-corrected chi connectivity index (χ3v) is 2.59. The van der Waals surface area contributed by atoms with E-state index in [2.05, 4.69) is 5.32 Å². The van der Waals surface area contributed by atoms with Crippen molar-refractivity contribution in [2.75, 3.05) is 19.8 Å². The van der Waals surface area contributed by atoms with Crippen LogP contribution < -0.4 is 20.5 Å². The second-order valence-corrected chi connectivity index (χ2v) is 3.80. The summed E-state index contributed by atoms with van der Waals surface area (Å²) in [5, 5.41) is 3.03. The second-order valence-electron chi connectivity index (χ2n) is 3.80. The number of benzene rings is 1. The van der Waals surface area contributed by atoms with Gasteiger partial charge in [0, 0.05) is 0 Å². The number of amides is 1. The van der Waals surface area contributed by atoms with E-state index in [0.29, 0.717) is 31.3 Å². The van der Waals surface area contributed by atoms with Gasteiger partial charge in [-0.05, 0) is 24.2 Å². The highest BCUT2D eigenvalue weighted by atomic mass is 16.6. The summed E-state index contributed by atoms with van der Waals surface area (Å²) in [6.45, 7) is 3.67. The van der Waals surface area contributed by atoms with Crippen LogP contribution in [0.3, 0.4) is 0 Å². The van der Waals surface area contributed by atoms with Crippen molar-refractivity contribution in [1.82, 2.24) is 5.32 Å². The lowest BCUT2D eigenvalue weighted by molar-refractivity contribution is -0.120. The standard InChI is InChI=1S/C12H16N2O3/c1-2-14-11(12(13)15)8-3-4-9-10(7-8)17-6-5-16-9/h3-4,7,11,14H,2,5-6H2,1H3,(H2,13,15).